The summed E-state index contributed by atoms with van der Waals surface area (Å²) in [7, 11) is 1.64. The fraction of sp³-hybridized carbons (Fsp3) is 0.333. The fourth-order valence-corrected chi connectivity index (χ4v) is 2.30. The zero-order chi connectivity index (χ0) is 15.1. The van der Waals surface area contributed by atoms with Crippen LogP contribution in [-0.4, -0.2) is 24.8 Å². The summed E-state index contributed by atoms with van der Waals surface area (Å²) in [5.74, 6) is 0.802. The van der Waals surface area contributed by atoms with Gasteiger partial charge in [0, 0.05) is 12.6 Å². The molecule has 0 aromatic heterocycles. The van der Waals surface area contributed by atoms with Crippen molar-refractivity contribution in [2.75, 3.05) is 13.7 Å². The molecule has 0 aliphatic heterocycles. The van der Waals surface area contributed by atoms with Gasteiger partial charge in [-0.2, -0.15) is 0 Å². The zero-order valence-electron chi connectivity index (χ0n) is 12.6. The van der Waals surface area contributed by atoms with E-state index in [1.807, 2.05) is 42.5 Å². The molecule has 2 aromatic rings. The van der Waals surface area contributed by atoms with Crippen LogP contribution in [0.4, 0.5) is 0 Å². The lowest BCUT2D eigenvalue weighted by molar-refractivity contribution is 0.170. The number of aliphatic hydroxyl groups excluding tert-OH is 1. The Morgan fingerprint density at radius 2 is 1.71 bits per heavy atom. The van der Waals surface area contributed by atoms with E-state index < -0.39 is 6.10 Å². The second kappa shape index (κ2) is 7.81. The van der Waals surface area contributed by atoms with Gasteiger partial charge in [-0.15, -0.1) is 0 Å². The molecule has 0 spiro atoms. The predicted molar refractivity (Wildman–Crippen MR) is 85.6 cm³/mol. The molecule has 0 radical (unpaired) electrons. The maximum Gasteiger partial charge on any atom is 0.118 e. The van der Waals surface area contributed by atoms with Gasteiger partial charge in [-0.25, -0.2) is 0 Å². The van der Waals surface area contributed by atoms with Crippen LogP contribution in [0.3, 0.4) is 0 Å². The smallest absolute Gasteiger partial charge is 0.118 e. The van der Waals surface area contributed by atoms with Crippen LogP contribution < -0.4 is 10.1 Å². The molecule has 0 saturated carbocycles. The van der Waals surface area contributed by atoms with Crippen molar-refractivity contribution in [2.24, 2.45) is 0 Å². The summed E-state index contributed by atoms with van der Waals surface area (Å²) in [5.41, 5.74) is 2.20. The van der Waals surface area contributed by atoms with Crippen molar-refractivity contribution in [3.05, 3.63) is 65.7 Å². The summed E-state index contributed by atoms with van der Waals surface area (Å²) >= 11 is 0. The van der Waals surface area contributed by atoms with Gasteiger partial charge in [0.25, 0.3) is 0 Å². The fourth-order valence-electron chi connectivity index (χ4n) is 2.30. The molecule has 3 nitrogen and oxygen atoms in total. The van der Waals surface area contributed by atoms with Crippen LogP contribution >= 0.6 is 0 Å². The summed E-state index contributed by atoms with van der Waals surface area (Å²) in [4.78, 5) is 0. The molecule has 0 bridgehead atoms. The van der Waals surface area contributed by atoms with E-state index in [-0.39, 0.29) is 0 Å². The molecule has 0 heterocycles. The number of benzene rings is 2. The second-order valence-corrected chi connectivity index (χ2v) is 5.29. The van der Waals surface area contributed by atoms with Crippen molar-refractivity contribution < 1.29 is 9.84 Å². The highest BCUT2D eigenvalue weighted by molar-refractivity contribution is 5.28. The van der Waals surface area contributed by atoms with E-state index in [0.717, 1.165) is 17.7 Å². The molecule has 0 aliphatic rings. The van der Waals surface area contributed by atoms with E-state index in [4.69, 9.17) is 4.74 Å². The second-order valence-electron chi connectivity index (χ2n) is 5.29. The Kier molecular flexibility index (Phi) is 5.78. The minimum Gasteiger partial charge on any atom is -0.497 e. The first-order valence-corrected chi connectivity index (χ1v) is 7.28. The average molecular weight is 285 g/mol. The Bertz CT molecular complexity index is 525. The van der Waals surface area contributed by atoms with Gasteiger partial charge in [0.05, 0.1) is 13.2 Å². The normalized spacial score (nSPS) is 13.7. The lowest BCUT2D eigenvalue weighted by Crippen LogP contribution is -2.32. The number of hydrogen-bond donors (Lipinski definition) is 2. The molecule has 2 rings (SSSR count). The van der Waals surface area contributed by atoms with Crippen molar-refractivity contribution in [1.82, 2.24) is 5.32 Å². The van der Waals surface area contributed by atoms with E-state index in [2.05, 4.69) is 24.4 Å². The van der Waals surface area contributed by atoms with Gasteiger partial charge in [0.15, 0.2) is 0 Å². The molecule has 2 unspecified atom stereocenters. The molecule has 2 atom stereocenters. The highest BCUT2D eigenvalue weighted by Gasteiger charge is 2.10. The first kappa shape index (κ1) is 15.5. The average Bonchev–Trinajstić information content (AvgIpc) is 2.53. The van der Waals surface area contributed by atoms with Crippen molar-refractivity contribution in [3.8, 4) is 5.75 Å². The molecular weight excluding hydrogens is 262 g/mol. The van der Waals surface area contributed by atoms with Crippen LogP contribution in [0.5, 0.6) is 5.75 Å². The molecule has 2 N–H and O–H groups in total. The number of rotatable bonds is 7. The molecule has 0 aliphatic carbocycles. The highest BCUT2D eigenvalue weighted by atomic mass is 16.5. The van der Waals surface area contributed by atoms with Crippen LogP contribution in [0.25, 0.3) is 0 Å². The van der Waals surface area contributed by atoms with E-state index in [0.29, 0.717) is 12.6 Å². The van der Waals surface area contributed by atoms with Gasteiger partial charge in [-0.1, -0.05) is 42.5 Å². The third-order valence-corrected chi connectivity index (χ3v) is 3.54. The summed E-state index contributed by atoms with van der Waals surface area (Å²) in [5, 5.41) is 13.6. The first-order valence-electron chi connectivity index (χ1n) is 7.28. The van der Waals surface area contributed by atoms with Gasteiger partial charge >= 0.3 is 0 Å². The molecule has 0 amide bonds. The Hall–Kier alpha value is -1.84. The predicted octanol–water partition coefficient (Wildman–Crippen LogP) is 2.95. The first-order chi connectivity index (χ1) is 10.2. The Balaban J connectivity index is 1.81. The number of hydrogen-bond acceptors (Lipinski definition) is 3. The number of nitrogens with one attached hydrogen (secondary N) is 1. The molecule has 112 valence electrons. The molecule has 21 heavy (non-hydrogen) atoms. The van der Waals surface area contributed by atoms with Crippen LogP contribution in [0.2, 0.25) is 0 Å². The third kappa shape index (κ3) is 4.88. The third-order valence-electron chi connectivity index (χ3n) is 3.54. The minimum absolute atomic E-state index is 0.320. The molecular formula is C18H23NO2. The minimum atomic E-state index is -0.505. The Morgan fingerprint density at radius 1 is 1.05 bits per heavy atom. The molecule has 0 saturated heterocycles. The van der Waals surface area contributed by atoms with Crippen LogP contribution in [0.1, 0.15) is 24.2 Å². The summed E-state index contributed by atoms with van der Waals surface area (Å²) in [6, 6.07) is 18.2. The van der Waals surface area contributed by atoms with Gasteiger partial charge < -0.3 is 15.2 Å². The highest BCUT2D eigenvalue weighted by Crippen LogP contribution is 2.17. The van der Waals surface area contributed by atoms with Gasteiger partial charge in [0.2, 0.25) is 0 Å². The molecule has 0 fully saturated rings. The standard InChI is InChI=1S/C18H23NO2/c1-14(12-15-6-4-3-5-7-15)19-13-18(20)16-8-10-17(21-2)11-9-16/h3-11,14,18-20H,12-13H2,1-2H3. The maximum absolute atomic E-state index is 10.2. The van der Waals surface area contributed by atoms with Crippen molar-refractivity contribution in [2.45, 2.75) is 25.5 Å². The van der Waals surface area contributed by atoms with Crippen molar-refractivity contribution in [3.63, 3.8) is 0 Å². The molecule has 3 heteroatoms. The maximum atomic E-state index is 10.2. The van der Waals surface area contributed by atoms with Gasteiger partial charge in [0.1, 0.15) is 5.75 Å². The summed E-state index contributed by atoms with van der Waals surface area (Å²) < 4.78 is 5.12. The summed E-state index contributed by atoms with van der Waals surface area (Å²) in [6.45, 7) is 2.67. The van der Waals surface area contributed by atoms with Crippen LogP contribution in [0.15, 0.2) is 54.6 Å². The van der Waals surface area contributed by atoms with E-state index in [9.17, 15) is 5.11 Å². The van der Waals surface area contributed by atoms with Gasteiger partial charge in [-0.05, 0) is 36.6 Å². The van der Waals surface area contributed by atoms with Crippen LogP contribution in [-0.2, 0) is 6.42 Å². The van der Waals surface area contributed by atoms with E-state index in [1.54, 1.807) is 7.11 Å². The Labute approximate surface area is 126 Å². The van der Waals surface area contributed by atoms with E-state index in [1.165, 1.54) is 5.56 Å². The van der Waals surface area contributed by atoms with Crippen molar-refractivity contribution in [1.29, 1.82) is 0 Å². The Morgan fingerprint density at radius 3 is 2.33 bits per heavy atom. The van der Waals surface area contributed by atoms with Crippen LogP contribution in [0, 0.1) is 0 Å². The SMILES string of the molecule is COc1ccc(C(O)CNC(C)Cc2ccccc2)cc1. The van der Waals surface area contributed by atoms with Gasteiger partial charge in [-0.3, -0.25) is 0 Å². The number of ether oxygens (including phenoxy) is 1. The quantitative estimate of drug-likeness (QED) is 0.822. The number of aliphatic hydroxyl groups is 1. The summed E-state index contributed by atoms with van der Waals surface area (Å²) in [6.07, 6.45) is 0.449. The lowest BCUT2D eigenvalue weighted by atomic mass is 10.1. The zero-order valence-corrected chi connectivity index (χ0v) is 12.6. The van der Waals surface area contributed by atoms with E-state index >= 15 is 0 Å². The molecule has 2 aromatic carbocycles. The van der Waals surface area contributed by atoms with Crippen molar-refractivity contribution >= 4 is 0 Å². The lowest BCUT2D eigenvalue weighted by Gasteiger charge is -2.17. The topological polar surface area (TPSA) is 41.5 Å². The largest absolute Gasteiger partial charge is 0.497 e. The number of methoxy groups -OCH3 is 1. The monoisotopic (exact) mass is 285 g/mol.